The Hall–Kier alpha value is -1.72. The first-order valence-electron chi connectivity index (χ1n) is 8.14. The third-order valence-electron chi connectivity index (χ3n) is 4.83. The fraction of sp³-hybridized carbons (Fsp3) is 0.611. The summed E-state index contributed by atoms with van der Waals surface area (Å²) in [5.74, 6) is -2.00. The molecule has 2 aliphatic rings. The van der Waals surface area contributed by atoms with E-state index in [-0.39, 0.29) is 29.9 Å². The number of hydrogen-bond donors (Lipinski definition) is 1. The number of benzene rings is 1. The molecule has 1 amide bonds. The minimum Gasteiger partial charge on any atom is -0.444 e. The smallest absolute Gasteiger partial charge is 0.407 e. The molecule has 2 saturated carbocycles. The Morgan fingerprint density at radius 2 is 1.83 bits per heavy atom. The first kappa shape index (κ1) is 17.1. The van der Waals surface area contributed by atoms with Gasteiger partial charge in [-0.2, -0.15) is 0 Å². The summed E-state index contributed by atoms with van der Waals surface area (Å²) >= 11 is 0. The minimum atomic E-state index is -1.61. The second kappa shape index (κ2) is 5.39. The van der Waals surface area contributed by atoms with E-state index in [4.69, 9.17) is 4.74 Å². The second-order valence-corrected chi connectivity index (χ2v) is 8.20. The number of carbonyl (C=O) groups is 1. The highest BCUT2D eigenvalue weighted by Crippen LogP contribution is 2.65. The molecule has 0 aromatic heterocycles. The maximum absolute atomic E-state index is 14.9. The van der Waals surface area contributed by atoms with Gasteiger partial charge in [0.1, 0.15) is 11.3 Å². The van der Waals surface area contributed by atoms with Crippen LogP contribution in [0.2, 0.25) is 0 Å². The summed E-state index contributed by atoms with van der Waals surface area (Å²) in [7, 11) is 0. The maximum atomic E-state index is 14.9. The van der Waals surface area contributed by atoms with Gasteiger partial charge in [-0.3, -0.25) is 0 Å². The fourth-order valence-electron chi connectivity index (χ4n) is 3.97. The van der Waals surface area contributed by atoms with Gasteiger partial charge >= 0.3 is 6.09 Å². The van der Waals surface area contributed by atoms with Crippen LogP contribution in [0.5, 0.6) is 0 Å². The van der Waals surface area contributed by atoms with Crippen LogP contribution in [0.1, 0.15) is 52.0 Å². The number of amides is 1. The highest BCUT2D eigenvalue weighted by atomic mass is 19.2. The molecule has 0 bridgehead atoms. The van der Waals surface area contributed by atoms with Crippen molar-refractivity contribution in [1.82, 2.24) is 5.32 Å². The summed E-state index contributed by atoms with van der Waals surface area (Å²) in [4.78, 5) is 11.7. The lowest BCUT2D eigenvalue weighted by atomic mass is 9.47. The Labute approximate surface area is 139 Å². The maximum Gasteiger partial charge on any atom is 0.407 e. The number of ether oxygens (including phenoxy) is 1. The summed E-state index contributed by atoms with van der Waals surface area (Å²) in [6, 6.07) is 3.19. The van der Waals surface area contributed by atoms with Crippen LogP contribution in [0.15, 0.2) is 18.2 Å². The Bertz CT molecular complexity index is 655. The molecule has 1 aromatic carbocycles. The summed E-state index contributed by atoms with van der Waals surface area (Å²) in [5, 5.41) is 2.79. The molecule has 3 rings (SSSR count). The molecule has 2 aliphatic carbocycles. The molecule has 0 heterocycles. The number of nitrogens with one attached hydrogen (secondary N) is 1. The van der Waals surface area contributed by atoms with Crippen LogP contribution in [0.4, 0.5) is 18.0 Å². The number of hydrogen-bond acceptors (Lipinski definition) is 2. The van der Waals surface area contributed by atoms with E-state index in [1.807, 2.05) is 0 Å². The molecule has 1 N–H and O–H groups in total. The van der Waals surface area contributed by atoms with Crippen molar-refractivity contribution >= 4 is 6.09 Å². The summed E-state index contributed by atoms with van der Waals surface area (Å²) in [6.45, 7) is 5.38. The number of rotatable bonds is 2. The van der Waals surface area contributed by atoms with E-state index in [9.17, 15) is 18.0 Å². The third kappa shape index (κ3) is 3.23. The molecule has 24 heavy (non-hydrogen) atoms. The fourth-order valence-corrected chi connectivity index (χ4v) is 3.97. The van der Waals surface area contributed by atoms with E-state index in [2.05, 4.69) is 5.32 Å². The Morgan fingerprint density at radius 1 is 1.21 bits per heavy atom. The first-order valence-corrected chi connectivity index (χ1v) is 8.14. The Balaban J connectivity index is 1.52. The van der Waals surface area contributed by atoms with E-state index in [0.717, 1.165) is 12.1 Å². The van der Waals surface area contributed by atoms with Crippen molar-refractivity contribution in [3.8, 4) is 0 Å². The van der Waals surface area contributed by atoms with Crippen molar-refractivity contribution in [2.75, 3.05) is 0 Å². The van der Waals surface area contributed by atoms with E-state index in [1.165, 1.54) is 6.07 Å². The topological polar surface area (TPSA) is 38.3 Å². The summed E-state index contributed by atoms with van der Waals surface area (Å²) < 4.78 is 46.3. The predicted molar refractivity (Wildman–Crippen MR) is 83.2 cm³/mol. The zero-order chi connectivity index (χ0) is 17.8. The van der Waals surface area contributed by atoms with Gasteiger partial charge in [0.2, 0.25) is 0 Å². The quantitative estimate of drug-likeness (QED) is 0.854. The van der Waals surface area contributed by atoms with Crippen LogP contribution in [0.25, 0.3) is 0 Å². The standard InChI is InChI=1S/C18H22F3NO2/c1-16(2,3)24-15(23)22-12-7-17(8-12)9-18(21,10-17)11-4-5-13(19)14(20)6-11/h4-6,12H,7-10H2,1-3H3,(H,22,23). The number of halogens is 3. The molecule has 132 valence electrons. The zero-order valence-corrected chi connectivity index (χ0v) is 14.1. The highest BCUT2D eigenvalue weighted by molar-refractivity contribution is 5.68. The molecule has 2 fully saturated rings. The monoisotopic (exact) mass is 341 g/mol. The molecular weight excluding hydrogens is 319 g/mol. The third-order valence-corrected chi connectivity index (χ3v) is 4.83. The van der Waals surface area contributed by atoms with Gasteiger partial charge in [0, 0.05) is 6.04 Å². The largest absolute Gasteiger partial charge is 0.444 e. The van der Waals surface area contributed by atoms with Crippen LogP contribution >= 0.6 is 0 Å². The van der Waals surface area contributed by atoms with Crippen molar-refractivity contribution in [3.63, 3.8) is 0 Å². The molecule has 3 nitrogen and oxygen atoms in total. The molecule has 6 heteroatoms. The van der Waals surface area contributed by atoms with Crippen molar-refractivity contribution in [3.05, 3.63) is 35.4 Å². The normalized spacial score (nSPS) is 32.0. The van der Waals surface area contributed by atoms with Gasteiger partial charge in [-0.15, -0.1) is 0 Å². The Kier molecular flexibility index (Phi) is 3.85. The predicted octanol–water partition coefficient (Wildman–Crippen LogP) is 4.60. The van der Waals surface area contributed by atoms with Gasteiger partial charge < -0.3 is 10.1 Å². The summed E-state index contributed by atoms with van der Waals surface area (Å²) in [6.07, 6.45) is 1.45. The molecule has 0 atom stereocenters. The highest BCUT2D eigenvalue weighted by Gasteiger charge is 2.61. The SMILES string of the molecule is CC(C)(C)OC(=O)NC1CC2(C1)CC(F)(c1ccc(F)c(F)c1)C2. The summed E-state index contributed by atoms with van der Waals surface area (Å²) in [5.41, 5.74) is -2.12. The van der Waals surface area contributed by atoms with Gasteiger partial charge in [-0.05, 0) is 69.6 Å². The van der Waals surface area contributed by atoms with Crippen molar-refractivity contribution in [1.29, 1.82) is 0 Å². The molecule has 0 saturated heterocycles. The minimum absolute atomic E-state index is 0.0191. The van der Waals surface area contributed by atoms with Gasteiger partial charge in [0.05, 0.1) is 0 Å². The molecule has 1 aromatic rings. The van der Waals surface area contributed by atoms with Crippen molar-refractivity contribution in [2.24, 2.45) is 5.41 Å². The van der Waals surface area contributed by atoms with E-state index in [1.54, 1.807) is 20.8 Å². The van der Waals surface area contributed by atoms with Gasteiger partial charge in [-0.1, -0.05) is 6.07 Å². The number of alkyl carbamates (subject to hydrolysis) is 1. The molecule has 0 aliphatic heterocycles. The van der Waals surface area contributed by atoms with Gasteiger partial charge in [0.15, 0.2) is 11.6 Å². The molecule has 0 unspecified atom stereocenters. The molecular formula is C18H22F3NO2. The van der Waals surface area contributed by atoms with Crippen LogP contribution in [0, 0.1) is 17.0 Å². The van der Waals surface area contributed by atoms with Crippen molar-refractivity contribution in [2.45, 2.75) is 63.8 Å². The lowest BCUT2D eigenvalue weighted by molar-refractivity contribution is -0.132. The van der Waals surface area contributed by atoms with Gasteiger partial charge in [-0.25, -0.2) is 18.0 Å². The lowest BCUT2D eigenvalue weighted by Crippen LogP contribution is -2.60. The number of alkyl halides is 1. The van der Waals surface area contributed by atoms with E-state index >= 15 is 0 Å². The lowest BCUT2D eigenvalue weighted by Gasteiger charge is -2.60. The van der Waals surface area contributed by atoms with Crippen LogP contribution < -0.4 is 5.32 Å². The average molecular weight is 341 g/mol. The zero-order valence-electron chi connectivity index (χ0n) is 14.1. The van der Waals surface area contributed by atoms with Crippen molar-refractivity contribution < 1.29 is 22.7 Å². The van der Waals surface area contributed by atoms with Crippen LogP contribution in [-0.4, -0.2) is 17.7 Å². The Morgan fingerprint density at radius 3 is 2.38 bits per heavy atom. The van der Waals surface area contributed by atoms with E-state index in [0.29, 0.717) is 12.8 Å². The average Bonchev–Trinajstić information content (AvgIpc) is 2.35. The molecule has 1 spiro atoms. The first-order chi connectivity index (χ1) is 11.0. The number of carbonyl (C=O) groups excluding carboxylic acids is 1. The molecule has 0 radical (unpaired) electrons. The van der Waals surface area contributed by atoms with Crippen LogP contribution in [-0.2, 0) is 10.4 Å². The van der Waals surface area contributed by atoms with E-state index < -0.39 is 29.0 Å². The van der Waals surface area contributed by atoms with Crippen LogP contribution in [0.3, 0.4) is 0 Å². The van der Waals surface area contributed by atoms with Gasteiger partial charge in [0.25, 0.3) is 0 Å². The second-order valence-electron chi connectivity index (χ2n) is 8.20.